The zero-order valence-electron chi connectivity index (χ0n) is 17.2. The lowest BCUT2D eigenvalue weighted by atomic mass is 10.2. The number of halogens is 1. The highest BCUT2D eigenvalue weighted by molar-refractivity contribution is 9.10. The maximum absolute atomic E-state index is 12.5. The first-order valence-electron chi connectivity index (χ1n) is 9.38. The molecule has 0 aromatic heterocycles. The van der Waals surface area contributed by atoms with Crippen molar-refractivity contribution in [3.63, 3.8) is 0 Å². The van der Waals surface area contributed by atoms with Crippen LogP contribution in [-0.2, 0) is 0 Å². The molecule has 7 nitrogen and oxygen atoms in total. The van der Waals surface area contributed by atoms with Crippen molar-refractivity contribution in [1.29, 1.82) is 0 Å². The number of rotatable bonds is 11. The Morgan fingerprint density at radius 3 is 2.50 bits per heavy atom. The topological polar surface area (TPSA) is 78.4 Å². The fourth-order valence-corrected chi connectivity index (χ4v) is 3.16. The SMILES string of the molecule is C=CCOc1ccc(C(=O)N/N=C/c2cc(Br)c(OC)c(OCC)c2)cc1OCC. The van der Waals surface area contributed by atoms with Gasteiger partial charge in [0, 0.05) is 5.56 Å². The van der Waals surface area contributed by atoms with Crippen LogP contribution in [-0.4, -0.2) is 39.1 Å². The van der Waals surface area contributed by atoms with Crippen LogP contribution in [0.2, 0.25) is 0 Å². The summed E-state index contributed by atoms with van der Waals surface area (Å²) in [7, 11) is 1.57. The summed E-state index contributed by atoms with van der Waals surface area (Å²) >= 11 is 3.45. The first kappa shape index (κ1) is 23.3. The molecule has 2 aromatic rings. The van der Waals surface area contributed by atoms with Crippen molar-refractivity contribution in [2.75, 3.05) is 26.9 Å². The molecule has 0 aliphatic heterocycles. The normalized spacial score (nSPS) is 10.5. The summed E-state index contributed by atoms with van der Waals surface area (Å²) in [6, 6.07) is 8.53. The summed E-state index contributed by atoms with van der Waals surface area (Å²) in [4.78, 5) is 12.5. The van der Waals surface area contributed by atoms with E-state index in [2.05, 4.69) is 33.0 Å². The highest BCUT2D eigenvalue weighted by Gasteiger charge is 2.12. The minimum absolute atomic E-state index is 0.344. The molecule has 0 unspecified atom stereocenters. The van der Waals surface area contributed by atoms with Crippen LogP contribution in [0.25, 0.3) is 0 Å². The molecule has 2 aromatic carbocycles. The summed E-state index contributed by atoms with van der Waals surface area (Å²) in [6.45, 7) is 8.66. The van der Waals surface area contributed by atoms with Gasteiger partial charge in [-0.2, -0.15) is 5.10 Å². The number of nitrogens with one attached hydrogen (secondary N) is 1. The highest BCUT2D eigenvalue weighted by atomic mass is 79.9. The van der Waals surface area contributed by atoms with Gasteiger partial charge in [0.2, 0.25) is 0 Å². The summed E-state index contributed by atoms with van der Waals surface area (Å²) in [6.07, 6.45) is 3.16. The van der Waals surface area contributed by atoms with Crippen molar-refractivity contribution in [3.8, 4) is 23.0 Å². The van der Waals surface area contributed by atoms with E-state index in [-0.39, 0.29) is 5.91 Å². The Labute approximate surface area is 184 Å². The molecule has 1 amide bonds. The molecule has 0 saturated carbocycles. The average molecular weight is 477 g/mol. The molecule has 0 aliphatic carbocycles. The molecule has 0 radical (unpaired) electrons. The van der Waals surface area contributed by atoms with Crippen LogP contribution in [0.4, 0.5) is 0 Å². The average Bonchev–Trinajstić information content (AvgIpc) is 2.73. The molecular formula is C22H25BrN2O5. The number of hydrogen-bond donors (Lipinski definition) is 1. The third-order valence-electron chi connectivity index (χ3n) is 3.78. The molecule has 0 fully saturated rings. The van der Waals surface area contributed by atoms with Gasteiger partial charge in [-0.15, -0.1) is 0 Å². The van der Waals surface area contributed by atoms with E-state index in [1.54, 1.807) is 37.5 Å². The number of benzene rings is 2. The number of amides is 1. The Morgan fingerprint density at radius 2 is 1.83 bits per heavy atom. The summed E-state index contributed by atoms with van der Waals surface area (Å²) in [5.74, 6) is 1.83. The number of methoxy groups -OCH3 is 1. The minimum Gasteiger partial charge on any atom is -0.492 e. The van der Waals surface area contributed by atoms with Crippen LogP contribution in [0.5, 0.6) is 23.0 Å². The van der Waals surface area contributed by atoms with Gasteiger partial charge in [-0.1, -0.05) is 12.7 Å². The van der Waals surface area contributed by atoms with Gasteiger partial charge in [-0.25, -0.2) is 5.43 Å². The lowest BCUT2D eigenvalue weighted by Crippen LogP contribution is -2.17. The van der Waals surface area contributed by atoms with E-state index in [9.17, 15) is 4.79 Å². The molecule has 0 saturated heterocycles. The van der Waals surface area contributed by atoms with Gasteiger partial charge in [0.05, 0.1) is 31.0 Å². The lowest BCUT2D eigenvalue weighted by Gasteiger charge is -2.12. The van der Waals surface area contributed by atoms with Gasteiger partial charge < -0.3 is 18.9 Å². The second-order valence-corrected chi connectivity index (χ2v) is 6.71. The highest BCUT2D eigenvalue weighted by Crippen LogP contribution is 2.36. The molecule has 0 heterocycles. The minimum atomic E-state index is -0.375. The Morgan fingerprint density at radius 1 is 1.10 bits per heavy atom. The van der Waals surface area contributed by atoms with Crippen molar-refractivity contribution in [3.05, 3.63) is 58.6 Å². The first-order chi connectivity index (χ1) is 14.5. The van der Waals surface area contributed by atoms with Gasteiger partial charge in [-0.3, -0.25) is 4.79 Å². The summed E-state index contributed by atoms with van der Waals surface area (Å²) < 4.78 is 22.7. The number of nitrogens with zero attached hydrogens (tertiary/aromatic N) is 1. The molecule has 1 N–H and O–H groups in total. The zero-order chi connectivity index (χ0) is 21.9. The van der Waals surface area contributed by atoms with E-state index >= 15 is 0 Å². The molecule has 30 heavy (non-hydrogen) atoms. The van der Waals surface area contributed by atoms with E-state index < -0.39 is 0 Å². The summed E-state index contributed by atoms with van der Waals surface area (Å²) in [5, 5.41) is 4.04. The molecule has 8 heteroatoms. The quantitative estimate of drug-likeness (QED) is 0.291. The van der Waals surface area contributed by atoms with E-state index in [4.69, 9.17) is 18.9 Å². The van der Waals surface area contributed by atoms with Gasteiger partial charge in [0.25, 0.3) is 5.91 Å². The molecule has 0 bridgehead atoms. The largest absolute Gasteiger partial charge is 0.492 e. The third-order valence-corrected chi connectivity index (χ3v) is 4.37. The van der Waals surface area contributed by atoms with Crippen molar-refractivity contribution < 1.29 is 23.7 Å². The van der Waals surface area contributed by atoms with Gasteiger partial charge in [0.1, 0.15) is 6.61 Å². The first-order valence-corrected chi connectivity index (χ1v) is 10.2. The van der Waals surface area contributed by atoms with Crippen LogP contribution >= 0.6 is 15.9 Å². The molecule has 160 valence electrons. The second kappa shape index (κ2) is 11.9. The predicted molar refractivity (Wildman–Crippen MR) is 120 cm³/mol. The van der Waals surface area contributed by atoms with Crippen molar-refractivity contribution in [2.45, 2.75) is 13.8 Å². The lowest BCUT2D eigenvalue weighted by molar-refractivity contribution is 0.0954. The monoisotopic (exact) mass is 476 g/mol. The Balaban J connectivity index is 2.14. The fraction of sp³-hybridized carbons (Fsp3) is 0.273. The van der Waals surface area contributed by atoms with E-state index in [0.29, 0.717) is 48.4 Å². The Hall–Kier alpha value is -3.00. The number of carbonyl (C=O) groups excluding carboxylic acids is 1. The smallest absolute Gasteiger partial charge is 0.271 e. The molecule has 0 atom stereocenters. The van der Waals surface area contributed by atoms with Crippen LogP contribution in [0, 0.1) is 0 Å². The number of hydrogen-bond acceptors (Lipinski definition) is 6. The number of carbonyl (C=O) groups is 1. The van der Waals surface area contributed by atoms with Gasteiger partial charge in [-0.05, 0) is 65.7 Å². The number of ether oxygens (including phenoxy) is 4. The van der Waals surface area contributed by atoms with E-state index in [1.165, 1.54) is 6.21 Å². The van der Waals surface area contributed by atoms with Crippen molar-refractivity contribution in [1.82, 2.24) is 5.43 Å². The van der Waals surface area contributed by atoms with Crippen LogP contribution < -0.4 is 24.4 Å². The molecule has 0 aliphatic rings. The van der Waals surface area contributed by atoms with Crippen LogP contribution in [0.3, 0.4) is 0 Å². The van der Waals surface area contributed by atoms with E-state index in [1.807, 2.05) is 19.9 Å². The predicted octanol–water partition coefficient (Wildman–Crippen LogP) is 4.58. The van der Waals surface area contributed by atoms with E-state index in [0.717, 1.165) is 10.0 Å². The van der Waals surface area contributed by atoms with Gasteiger partial charge >= 0.3 is 0 Å². The molecular weight excluding hydrogens is 452 g/mol. The molecule has 2 rings (SSSR count). The second-order valence-electron chi connectivity index (χ2n) is 5.86. The fourth-order valence-electron chi connectivity index (χ4n) is 2.54. The Kier molecular flexibility index (Phi) is 9.21. The van der Waals surface area contributed by atoms with Gasteiger partial charge in [0.15, 0.2) is 23.0 Å². The standard InChI is InChI=1S/C22H25BrN2O5/c1-5-10-30-18-9-8-16(13-19(18)28-6-2)22(26)25-24-14-15-11-17(23)21(27-4)20(12-15)29-7-3/h5,8-9,11-14H,1,6-7,10H2,2-4H3,(H,25,26)/b24-14+. The number of hydrazone groups is 1. The van der Waals surface area contributed by atoms with Crippen LogP contribution in [0.15, 0.2) is 52.6 Å². The Bertz CT molecular complexity index is 915. The van der Waals surface area contributed by atoms with Crippen LogP contribution in [0.1, 0.15) is 29.8 Å². The maximum atomic E-state index is 12.5. The third kappa shape index (κ3) is 6.25. The maximum Gasteiger partial charge on any atom is 0.271 e. The molecule has 0 spiro atoms. The van der Waals surface area contributed by atoms with Crippen molar-refractivity contribution >= 4 is 28.1 Å². The van der Waals surface area contributed by atoms with Crippen molar-refractivity contribution in [2.24, 2.45) is 5.10 Å². The summed E-state index contributed by atoms with van der Waals surface area (Å²) in [5.41, 5.74) is 3.64. The zero-order valence-corrected chi connectivity index (χ0v) is 18.8.